The molecule has 0 spiro atoms. The van der Waals surface area contributed by atoms with Gasteiger partial charge in [0.05, 0.1) is 24.4 Å². The molecule has 2 saturated carbocycles. The summed E-state index contributed by atoms with van der Waals surface area (Å²) in [7, 11) is 0. The van der Waals surface area contributed by atoms with Gasteiger partial charge in [0.2, 0.25) is 0 Å². The summed E-state index contributed by atoms with van der Waals surface area (Å²) >= 11 is 0. The van der Waals surface area contributed by atoms with E-state index in [1.807, 2.05) is 0 Å². The van der Waals surface area contributed by atoms with Crippen LogP contribution in [0.15, 0.2) is 0 Å². The predicted molar refractivity (Wildman–Crippen MR) is 121 cm³/mol. The Bertz CT molecular complexity index is 861. The molecule has 0 amide bonds. The number of cyclic esters (lactones) is 2. The average molecular weight is 479 g/mol. The first-order valence-electron chi connectivity index (χ1n) is 12.4. The van der Waals surface area contributed by atoms with Gasteiger partial charge in [0.25, 0.3) is 0 Å². The Kier molecular flexibility index (Phi) is 7.58. The molecule has 0 radical (unpaired) electrons. The van der Waals surface area contributed by atoms with Crippen molar-refractivity contribution in [3.8, 4) is 0 Å². The van der Waals surface area contributed by atoms with Gasteiger partial charge in [0.1, 0.15) is 18.3 Å². The van der Waals surface area contributed by atoms with Crippen LogP contribution in [0, 0.1) is 40.4 Å². The second kappa shape index (κ2) is 9.78. The number of carbonyl (C=O) groups excluding carboxylic acids is 5. The lowest BCUT2D eigenvalue weighted by Gasteiger charge is -2.39. The maximum Gasteiger partial charge on any atom is 0.318 e. The van der Waals surface area contributed by atoms with Crippen LogP contribution in [0.1, 0.15) is 80.1 Å². The van der Waals surface area contributed by atoms with E-state index >= 15 is 0 Å². The summed E-state index contributed by atoms with van der Waals surface area (Å²) in [4.78, 5) is 61.1. The topological polar surface area (TPSA) is 113 Å². The third-order valence-corrected chi connectivity index (χ3v) is 8.94. The Morgan fingerprint density at radius 1 is 1.15 bits per heavy atom. The monoisotopic (exact) mass is 478 g/mol. The molecule has 7 unspecified atom stereocenters. The molecule has 2 bridgehead atoms. The molecule has 3 rings (SSSR count). The highest BCUT2D eigenvalue weighted by Crippen LogP contribution is 2.66. The number of hydrogen-bond acceptors (Lipinski definition) is 8. The summed E-state index contributed by atoms with van der Waals surface area (Å²) in [5, 5.41) is 0. The number of ketones is 1. The minimum Gasteiger partial charge on any atom is -0.465 e. The standard InChI is InChI=1S/C26H38O8/c1-7-17(22(29)33-19-12-16-8-9-26(19,6)25(16,4)5)21-18(23(30)34-24(21)31)10-14(2)13-32-20(28)11-15(3)27/h14,16-19,21H,7-13H2,1-6H3. The molecule has 7 atom stereocenters. The summed E-state index contributed by atoms with van der Waals surface area (Å²) < 4.78 is 16.1. The number of carbonyl (C=O) groups is 5. The van der Waals surface area contributed by atoms with Gasteiger partial charge in [-0.15, -0.1) is 0 Å². The first-order chi connectivity index (χ1) is 15.8. The lowest BCUT2D eigenvalue weighted by molar-refractivity contribution is -0.167. The van der Waals surface area contributed by atoms with E-state index in [9.17, 15) is 24.0 Å². The zero-order valence-corrected chi connectivity index (χ0v) is 21.2. The molecule has 2 aliphatic carbocycles. The van der Waals surface area contributed by atoms with E-state index in [0.717, 1.165) is 19.3 Å². The minimum absolute atomic E-state index is 0.00887. The van der Waals surface area contributed by atoms with Crippen molar-refractivity contribution in [2.75, 3.05) is 6.61 Å². The van der Waals surface area contributed by atoms with Crippen LogP contribution in [0.2, 0.25) is 0 Å². The number of rotatable bonds is 10. The number of fused-ring (bicyclic) bond motifs is 2. The van der Waals surface area contributed by atoms with Crippen molar-refractivity contribution < 1.29 is 38.2 Å². The van der Waals surface area contributed by atoms with E-state index in [1.54, 1.807) is 13.8 Å². The molecule has 8 nitrogen and oxygen atoms in total. The summed E-state index contributed by atoms with van der Waals surface area (Å²) in [5.41, 5.74) is -0.0189. The Balaban J connectivity index is 1.66. The molecule has 3 aliphatic rings. The van der Waals surface area contributed by atoms with Gasteiger partial charge >= 0.3 is 23.9 Å². The molecule has 0 aromatic carbocycles. The minimum atomic E-state index is -0.917. The van der Waals surface area contributed by atoms with Gasteiger partial charge in [0.15, 0.2) is 0 Å². The Labute approximate surface area is 201 Å². The molecule has 0 aromatic heterocycles. The molecule has 190 valence electrons. The highest BCUT2D eigenvalue weighted by molar-refractivity contribution is 5.98. The van der Waals surface area contributed by atoms with Gasteiger partial charge in [-0.25, -0.2) is 0 Å². The average Bonchev–Trinajstić information content (AvgIpc) is 3.20. The van der Waals surface area contributed by atoms with Gasteiger partial charge in [-0.05, 0) is 56.3 Å². The molecule has 1 saturated heterocycles. The molecule has 0 N–H and O–H groups in total. The van der Waals surface area contributed by atoms with Crippen LogP contribution < -0.4 is 0 Å². The first kappa shape index (κ1) is 26.4. The fourth-order valence-electron chi connectivity index (χ4n) is 6.34. The molecule has 8 heteroatoms. The fraction of sp³-hybridized carbons (Fsp3) is 0.808. The largest absolute Gasteiger partial charge is 0.465 e. The maximum atomic E-state index is 13.3. The van der Waals surface area contributed by atoms with E-state index in [0.29, 0.717) is 12.3 Å². The van der Waals surface area contributed by atoms with Gasteiger partial charge in [-0.1, -0.05) is 34.6 Å². The molecule has 3 fully saturated rings. The van der Waals surface area contributed by atoms with Crippen molar-refractivity contribution in [2.24, 2.45) is 40.4 Å². The van der Waals surface area contributed by atoms with Crippen molar-refractivity contribution in [2.45, 2.75) is 86.2 Å². The van der Waals surface area contributed by atoms with E-state index in [-0.39, 0.29) is 48.1 Å². The van der Waals surface area contributed by atoms with Crippen LogP contribution in [-0.4, -0.2) is 42.4 Å². The first-order valence-corrected chi connectivity index (χ1v) is 12.4. The Morgan fingerprint density at radius 3 is 2.35 bits per heavy atom. The third kappa shape index (κ3) is 4.78. The van der Waals surface area contributed by atoms with E-state index in [1.165, 1.54) is 6.92 Å². The summed E-state index contributed by atoms with van der Waals surface area (Å²) in [6.07, 6.45) is 3.03. The normalized spacial score (nSPS) is 33.4. The van der Waals surface area contributed by atoms with Gasteiger partial charge in [-0.2, -0.15) is 0 Å². The number of ether oxygens (including phenoxy) is 3. The van der Waals surface area contributed by atoms with Crippen LogP contribution in [0.5, 0.6) is 0 Å². The van der Waals surface area contributed by atoms with Crippen molar-refractivity contribution in [3.05, 3.63) is 0 Å². The van der Waals surface area contributed by atoms with Gasteiger partial charge in [-0.3, -0.25) is 24.0 Å². The molecule has 1 heterocycles. The highest BCUT2D eigenvalue weighted by Gasteiger charge is 2.63. The van der Waals surface area contributed by atoms with Crippen molar-refractivity contribution in [1.29, 1.82) is 0 Å². The summed E-state index contributed by atoms with van der Waals surface area (Å²) in [5.74, 6) is -4.97. The number of Topliss-reactive ketones (excluding diaryl/α,β-unsaturated/α-hetero) is 1. The van der Waals surface area contributed by atoms with Crippen molar-refractivity contribution >= 4 is 29.7 Å². The Morgan fingerprint density at radius 2 is 1.82 bits per heavy atom. The van der Waals surface area contributed by atoms with Crippen LogP contribution >= 0.6 is 0 Å². The van der Waals surface area contributed by atoms with Crippen LogP contribution in [0.4, 0.5) is 0 Å². The van der Waals surface area contributed by atoms with Crippen LogP contribution in [0.25, 0.3) is 0 Å². The zero-order chi connectivity index (χ0) is 25.4. The summed E-state index contributed by atoms with van der Waals surface area (Å²) in [6.45, 7) is 11.6. The molecular formula is C26H38O8. The summed E-state index contributed by atoms with van der Waals surface area (Å²) in [6, 6.07) is 0. The van der Waals surface area contributed by atoms with Crippen LogP contribution in [-0.2, 0) is 38.2 Å². The quantitative estimate of drug-likeness (QED) is 0.266. The van der Waals surface area contributed by atoms with Gasteiger partial charge in [0, 0.05) is 5.41 Å². The fourth-order valence-corrected chi connectivity index (χ4v) is 6.34. The van der Waals surface area contributed by atoms with Crippen molar-refractivity contribution in [1.82, 2.24) is 0 Å². The molecular weight excluding hydrogens is 440 g/mol. The number of esters is 4. The van der Waals surface area contributed by atoms with Crippen molar-refractivity contribution in [3.63, 3.8) is 0 Å². The SMILES string of the molecule is CCC(C(=O)OC1CC2CCC1(C)C2(C)C)C1C(=O)OC(=O)C1CC(C)COC(=O)CC(C)=O. The lowest BCUT2D eigenvalue weighted by atomic mass is 9.70. The second-order valence-electron chi connectivity index (χ2n) is 11.3. The number of hydrogen-bond donors (Lipinski definition) is 0. The van der Waals surface area contributed by atoms with E-state index < -0.39 is 41.6 Å². The third-order valence-electron chi connectivity index (χ3n) is 8.94. The zero-order valence-electron chi connectivity index (χ0n) is 21.2. The molecule has 34 heavy (non-hydrogen) atoms. The molecule has 1 aliphatic heterocycles. The van der Waals surface area contributed by atoms with E-state index in [2.05, 4.69) is 20.8 Å². The van der Waals surface area contributed by atoms with E-state index in [4.69, 9.17) is 14.2 Å². The highest BCUT2D eigenvalue weighted by atomic mass is 16.6. The second-order valence-corrected chi connectivity index (χ2v) is 11.3. The lowest BCUT2D eigenvalue weighted by Crippen LogP contribution is -2.41. The Hall–Kier alpha value is -2.25. The van der Waals surface area contributed by atoms with Gasteiger partial charge < -0.3 is 14.2 Å². The van der Waals surface area contributed by atoms with Crippen LogP contribution in [0.3, 0.4) is 0 Å². The molecule has 0 aromatic rings. The predicted octanol–water partition coefficient (Wildman–Crippen LogP) is 3.63. The smallest absolute Gasteiger partial charge is 0.318 e. The maximum absolute atomic E-state index is 13.3.